The summed E-state index contributed by atoms with van der Waals surface area (Å²) < 4.78 is 5.00. The monoisotopic (exact) mass is 143 g/mol. The second-order valence-electron chi connectivity index (χ2n) is 2.50. The van der Waals surface area contributed by atoms with E-state index in [4.69, 9.17) is 10.5 Å². The highest BCUT2D eigenvalue weighted by atomic mass is 16.5. The minimum Gasteiger partial charge on any atom is -0.400 e. The van der Waals surface area contributed by atoms with Crippen molar-refractivity contribution in [3.8, 4) is 0 Å². The van der Waals surface area contributed by atoms with Crippen LogP contribution >= 0.6 is 0 Å². The van der Waals surface area contributed by atoms with Gasteiger partial charge in [0.05, 0.1) is 6.10 Å². The summed E-state index contributed by atoms with van der Waals surface area (Å²) in [5.41, 5.74) is 6.02. The SMILES string of the molecule is CO[C@H]1CCC=C(N)[C@H]1O. The van der Waals surface area contributed by atoms with Crippen LogP contribution < -0.4 is 5.73 Å². The molecule has 3 N–H and O–H groups in total. The summed E-state index contributed by atoms with van der Waals surface area (Å²) in [6, 6.07) is 0. The molecule has 1 rings (SSSR count). The number of nitrogens with two attached hydrogens (primary N) is 1. The molecule has 3 nitrogen and oxygen atoms in total. The molecule has 10 heavy (non-hydrogen) atoms. The van der Waals surface area contributed by atoms with Gasteiger partial charge in [0.25, 0.3) is 0 Å². The Kier molecular flexibility index (Phi) is 2.29. The summed E-state index contributed by atoms with van der Waals surface area (Å²) >= 11 is 0. The number of rotatable bonds is 1. The average molecular weight is 143 g/mol. The van der Waals surface area contributed by atoms with Gasteiger partial charge in [-0.1, -0.05) is 6.08 Å². The van der Waals surface area contributed by atoms with Crippen LogP contribution in [0.2, 0.25) is 0 Å². The predicted molar refractivity (Wildman–Crippen MR) is 38.3 cm³/mol. The lowest BCUT2D eigenvalue weighted by molar-refractivity contribution is -0.00309. The van der Waals surface area contributed by atoms with Gasteiger partial charge in [-0.2, -0.15) is 0 Å². The van der Waals surface area contributed by atoms with Crippen molar-refractivity contribution in [3.05, 3.63) is 11.8 Å². The molecule has 58 valence electrons. The molecule has 0 saturated carbocycles. The molecule has 0 unspecified atom stereocenters. The van der Waals surface area contributed by atoms with Crippen LogP contribution in [0, 0.1) is 0 Å². The predicted octanol–water partition coefficient (Wildman–Crippen LogP) is -0.00130. The molecule has 0 amide bonds. The van der Waals surface area contributed by atoms with E-state index in [1.54, 1.807) is 7.11 Å². The van der Waals surface area contributed by atoms with Crippen molar-refractivity contribution >= 4 is 0 Å². The molecule has 0 aliphatic heterocycles. The van der Waals surface area contributed by atoms with E-state index in [9.17, 15) is 5.11 Å². The van der Waals surface area contributed by atoms with Gasteiger partial charge >= 0.3 is 0 Å². The molecule has 0 aromatic carbocycles. The Balaban J connectivity index is 2.59. The zero-order valence-electron chi connectivity index (χ0n) is 6.08. The molecule has 0 fully saturated rings. The van der Waals surface area contributed by atoms with Crippen molar-refractivity contribution in [2.75, 3.05) is 7.11 Å². The first-order valence-corrected chi connectivity index (χ1v) is 3.42. The summed E-state index contributed by atoms with van der Waals surface area (Å²) in [4.78, 5) is 0. The quantitative estimate of drug-likeness (QED) is 0.543. The largest absolute Gasteiger partial charge is 0.400 e. The van der Waals surface area contributed by atoms with Crippen molar-refractivity contribution in [2.45, 2.75) is 25.0 Å². The fourth-order valence-corrected chi connectivity index (χ4v) is 1.15. The van der Waals surface area contributed by atoms with Crippen LogP contribution in [0.3, 0.4) is 0 Å². The van der Waals surface area contributed by atoms with E-state index in [-0.39, 0.29) is 6.10 Å². The number of hydrogen-bond acceptors (Lipinski definition) is 3. The van der Waals surface area contributed by atoms with E-state index in [1.807, 2.05) is 6.08 Å². The maximum atomic E-state index is 9.32. The molecule has 0 radical (unpaired) electrons. The number of hydrogen-bond donors (Lipinski definition) is 2. The second-order valence-corrected chi connectivity index (χ2v) is 2.50. The lowest BCUT2D eigenvalue weighted by Crippen LogP contribution is -2.35. The minimum absolute atomic E-state index is 0.106. The number of aliphatic hydroxyl groups is 1. The van der Waals surface area contributed by atoms with E-state index in [2.05, 4.69) is 0 Å². The Labute approximate surface area is 60.5 Å². The van der Waals surface area contributed by atoms with E-state index in [1.165, 1.54) is 0 Å². The molecule has 1 aliphatic rings. The molecule has 1 aliphatic carbocycles. The van der Waals surface area contributed by atoms with Crippen LogP contribution in [0.15, 0.2) is 11.8 Å². The molecule has 0 aromatic rings. The van der Waals surface area contributed by atoms with Crippen molar-refractivity contribution in [2.24, 2.45) is 5.73 Å². The molecule has 0 saturated heterocycles. The Morgan fingerprint density at radius 2 is 2.50 bits per heavy atom. The standard InChI is InChI=1S/C7H13NO2/c1-10-6-4-2-3-5(8)7(6)9/h3,6-7,9H,2,4,8H2,1H3/t6-,7+/m0/s1. The Bertz CT molecular complexity index is 145. The summed E-state index contributed by atoms with van der Waals surface area (Å²) in [6.45, 7) is 0. The summed E-state index contributed by atoms with van der Waals surface area (Å²) in [5.74, 6) is 0. The summed E-state index contributed by atoms with van der Waals surface area (Å²) in [6.07, 6.45) is 2.91. The van der Waals surface area contributed by atoms with Gasteiger partial charge in [-0.15, -0.1) is 0 Å². The van der Waals surface area contributed by atoms with Crippen molar-refractivity contribution in [3.63, 3.8) is 0 Å². The number of allylic oxidation sites excluding steroid dienone is 1. The van der Waals surface area contributed by atoms with Gasteiger partial charge in [0.15, 0.2) is 0 Å². The second kappa shape index (κ2) is 3.03. The van der Waals surface area contributed by atoms with Gasteiger partial charge in [-0.3, -0.25) is 0 Å². The first-order valence-electron chi connectivity index (χ1n) is 3.42. The van der Waals surface area contributed by atoms with Gasteiger partial charge in [0.2, 0.25) is 0 Å². The molecule has 0 spiro atoms. The molecule has 0 bridgehead atoms. The highest BCUT2D eigenvalue weighted by molar-refractivity contribution is 5.09. The van der Waals surface area contributed by atoms with Crippen molar-refractivity contribution < 1.29 is 9.84 Å². The molecular weight excluding hydrogens is 130 g/mol. The van der Waals surface area contributed by atoms with Crippen LogP contribution in [0.25, 0.3) is 0 Å². The summed E-state index contributed by atoms with van der Waals surface area (Å²) in [5, 5.41) is 9.32. The number of ether oxygens (including phenoxy) is 1. The average Bonchev–Trinajstić information content (AvgIpc) is 1.95. The third-order valence-corrected chi connectivity index (χ3v) is 1.83. The zero-order valence-corrected chi connectivity index (χ0v) is 6.08. The molecule has 0 heterocycles. The molecule has 0 aromatic heterocycles. The highest BCUT2D eigenvalue weighted by Gasteiger charge is 2.23. The van der Waals surface area contributed by atoms with Crippen molar-refractivity contribution in [1.29, 1.82) is 0 Å². The molecule has 3 heteroatoms. The maximum absolute atomic E-state index is 9.32. The third kappa shape index (κ3) is 1.30. The van der Waals surface area contributed by atoms with Crippen LogP contribution in [0.5, 0.6) is 0 Å². The van der Waals surface area contributed by atoms with Crippen LogP contribution in [0.4, 0.5) is 0 Å². The zero-order chi connectivity index (χ0) is 7.56. The third-order valence-electron chi connectivity index (χ3n) is 1.83. The smallest absolute Gasteiger partial charge is 0.119 e. The van der Waals surface area contributed by atoms with E-state index in [0.29, 0.717) is 5.70 Å². The van der Waals surface area contributed by atoms with Crippen LogP contribution in [-0.2, 0) is 4.74 Å². The lowest BCUT2D eigenvalue weighted by atomic mass is 9.99. The van der Waals surface area contributed by atoms with Gasteiger partial charge in [-0.25, -0.2) is 0 Å². The lowest BCUT2D eigenvalue weighted by Gasteiger charge is -2.25. The number of aliphatic hydroxyl groups excluding tert-OH is 1. The van der Waals surface area contributed by atoms with Gasteiger partial charge in [0.1, 0.15) is 6.10 Å². The van der Waals surface area contributed by atoms with E-state index < -0.39 is 6.10 Å². The fourth-order valence-electron chi connectivity index (χ4n) is 1.15. The normalized spacial score (nSPS) is 33.6. The highest BCUT2D eigenvalue weighted by Crippen LogP contribution is 2.17. The minimum atomic E-state index is -0.598. The van der Waals surface area contributed by atoms with Gasteiger partial charge < -0.3 is 15.6 Å². The topological polar surface area (TPSA) is 55.5 Å². The fraction of sp³-hybridized carbons (Fsp3) is 0.714. The number of methoxy groups -OCH3 is 1. The van der Waals surface area contributed by atoms with Gasteiger partial charge in [0, 0.05) is 12.8 Å². The van der Waals surface area contributed by atoms with Gasteiger partial charge in [-0.05, 0) is 12.8 Å². The first-order chi connectivity index (χ1) is 4.75. The van der Waals surface area contributed by atoms with Crippen molar-refractivity contribution in [1.82, 2.24) is 0 Å². The molecular formula is C7H13NO2. The van der Waals surface area contributed by atoms with Crippen LogP contribution in [-0.4, -0.2) is 24.4 Å². The summed E-state index contributed by atoms with van der Waals surface area (Å²) in [7, 11) is 1.59. The van der Waals surface area contributed by atoms with Crippen LogP contribution in [0.1, 0.15) is 12.8 Å². The Hall–Kier alpha value is -0.540. The Morgan fingerprint density at radius 1 is 1.80 bits per heavy atom. The van der Waals surface area contributed by atoms with E-state index >= 15 is 0 Å². The maximum Gasteiger partial charge on any atom is 0.119 e. The first kappa shape index (κ1) is 7.57. The molecule has 2 atom stereocenters. The Morgan fingerprint density at radius 3 is 3.00 bits per heavy atom. The van der Waals surface area contributed by atoms with E-state index in [0.717, 1.165) is 12.8 Å².